The van der Waals surface area contributed by atoms with Gasteiger partial charge in [-0.15, -0.1) is 5.10 Å². The molecular weight excluding hydrogens is 238 g/mol. The van der Waals surface area contributed by atoms with Gasteiger partial charge in [-0.2, -0.15) is 0 Å². The van der Waals surface area contributed by atoms with Gasteiger partial charge in [0.05, 0.1) is 11.9 Å². The van der Waals surface area contributed by atoms with E-state index < -0.39 is 6.10 Å². The minimum absolute atomic E-state index is 0.552. The molecule has 0 fully saturated rings. The van der Waals surface area contributed by atoms with Gasteiger partial charge in [0.2, 0.25) is 0 Å². The van der Waals surface area contributed by atoms with Gasteiger partial charge in [-0.1, -0.05) is 30.3 Å². The smallest absolute Gasteiger partial charge is 0.101 e. The number of aryl methyl sites for hydroxylation is 3. The molecule has 102 valence electrons. The van der Waals surface area contributed by atoms with Crippen molar-refractivity contribution in [1.29, 1.82) is 0 Å². The van der Waals surface area contributed by atoms with Gasteiger partial charge in [-0.3, -0.25) is 0 Å². The first-order chi connectivity index (χ1) is 9.11. The molecule has 1 atom stereocenters. The van der Waals surface area contributed by atoms with Crippen LogP contribution in [-0.4, -0.2) is 20.1 Å². The van der Waals surface area contributed by atoms with Crippen LogP contribution in [0.3, 0.4) is 0 Å². The fourth-order valence-corrected chi connectivity index (χ4v) is 2.17. The number of hydrogen-bond donors (Lipinski definition) is 1. The Bertz CT molecular complexity index is 548. The highest BCUT2D eigenvalue weighted by atomic mass is 16.3. The minimum Gasteiger partial charge on any atom is -0.386 e. The molecule has 2 rings (SSSR count). The topological polar surface area (TPSA) is 50.9 Å². The van der Waals surface area contributed by atoms with E-state index in [1.807, 2.05) is 0 Å². The van der Waals surface area contributed by atoms with Gasteiger partial charge in [0.15, 0.2) is 0 Å². The summed E-state index contributed by atoms with van der Waals surface area (Å²) < 4.78 is 1.78. The molecule has 2 aromatic rings. The molecule has 1 aromatic carbocycles. The molecule has 1 N–H and O–H groups in total. The average Bonchev–Trinajstić information content (AvgIpc) is 2.83. The molecule has 0 saturated carbocycles. The highest BCUT2D eigenvalue weighted by Gasteiger charge is 2.14. The van der Waals surface area contributed by atoms with Crippen molar-refractivity contribution >= 4 is 0 Å². The van der Waals surface area contributed by atoms with Crippen LogP contribution < -0.4 is 0 Å². The van der Waals surface area contributed by atoms with Crippen molar-refractivity contribution < 1.29 is 5.11 Å². The number of hydrogen-bond acceptors (Lipinski definition) is 3. The second-order valence-electron chi connectivity index (χ2n) is 5.02. The van der Waals surface area contributed by atoms with Crippen molar-refractivity contribution in [2.75, 3.05) is 0 Å². The van der Waals surface area contributed by atoms with E-state index >= 15 is 0 Å². The van der Waals surface area contributed by atoms with Gasteiger partial charge in [0.25, 0.3) is 0 Å². The number of rotatable bonds is 5. The molecule has 1 unspecified atom stereocenters. The van der Waals surface area contributed by atoms with Gasteiger partial charge in [-0.05, 0) is 37.0 Å². The maximum atomic E-state index is 10.3. The predicted molar refractivity (Wildman–Crippen MR) is 74.9 cm³/mol. The monoisotopic (exact) mass is 259 g/mol. The molecule has 0 aliphatic heterocycles. The highest BCUT2D eigenvalue weighted by molar-refractivity contribution is 5.30. The quantitative estimate of drug-likeness (QED) is 0.898. The Balaban J connectivity index is 2.13. The van der Waals surface area contributed by atoms with E-state index in [1.54, 1.807) is 10.9 Å². The van der Waals surface area contributed by atoms with E-state index in [1.165, 1.54) is 11.1 Å². The van der Waals surface area contributed by atoms with E-state index in [9.17, 15) is 5.11 Å². The van der Waals surface area contributed by atoms with Crippen molar-refractivity contribution in [1.82, 2.24) is 15.0 Å². The normalized spacial score (nSPS) is 12.6. The minimum atomic E-state index is -0.552. The molecule has 0 radical (unpaired) electrons. The molecular formula is C15H21N3O. The average molecular weight is 259 g/mol. The summed E-state index contributed by atoms with van der Waals surface area (Å²) >= 11 is 0. The zero-order valence-electron chi connectivity index (χ0n) is 11.8. The molecule has 1 aromatic heterocycles. The van der Waals surface area contributed by atoms with Crippen molar-refractivity contribution in [3.63, 3.8) is 0 Å². The van der Waals surface area contributed by atoms with Crippen molar-refractivity contribution in [2.24, 2.45) is 0 Å². The standard InChI is InChI=1S/C15H21N3O/c1-4-7-18-14(10-16-17-18)15(19)9-13-6-5-11(2)12(3)8-13/h5-6,8,10,15,19H,4,7,9H2,1-3H3. The van der Waals surface area contributed by atoms with Crippen LogP contribution in [0.15, 0.2) is 24.4 Å². The number of aliphatic hydroxyl groups is 1. The van der Waals surface area contributed by atoms with Crippen LogP contribution in [-0.2, 0) is 13.0 Å². The molecule has 0 spiro atoms. The molecule has 1 heterocycles. The third-order valence-electron chi connectivity index (χ3n) is 3.42. The Kier molecular flexibility index (Phi) is 4.32. The maximum Gasteiger partial charge on any atom is 0.101 e. The first kappa shape index (κ1) is 13.7. The highest BCUT2D eigenvalue weighted by Crippen LogP contribution is 2.19. The summed E-state index contributed by atoms with van der Waals surface area (Å²) in [5.74, 6) is 0. The molecule has 0 aliphatic rings. The summed E-state index contributed by atoms with van der Waals surface area (Å²) in [6.45, 7) is 7.06. The lowest BCUT2D eigenvalue weighted by molar-refractivity contribution is 0.166. The number of benzene rings is 1. The van der Waals surface area contributed by atoms with E-state index in [0.717, 1.165) is 24.2 Å². The fraction of sp³-hybridized carbons (Fsp3) is 0.467. The number of aliphatic hydroxyl groups excluding tert-OH is 1. The van der Waals surface area contributed by atoms with Crippen LogP contribution >= 0.6 is 0 Å². The molecule has 0 amide bonds. The van der Waals surface area contributed by atoms with Crippen LogP contribution in [0.4, 0.5) is 0 Å². The van der Waals surface area contributed by atoms with Crippen molar-refractivity contribution in [3.05, 3.63) is 46.8 Å². The van der Waals surface area contributed by atoms with Crippen LogP contribution in [0.2, 0.25) is 0 Å². The second-order valence-corrected chi connectivity index (χ2v) is 5.02. The Morgan fingerprint density at radius 2 is 2.05 bits per heavy atom. The SMILES string of the molecule is CCCn1nncc1C(O)Cc1ccc(C)c(C)c1. The van der Waals surface area contributed by atoms with Crippen molar-refractivity contribution in [3.8, 4) is 0 Å². The van der Waals surface area contributed by atoms with Gasteiger partial charge in [0.1, 0.15) is 6.10 Å². The van der Waals surface area contributed by atoms with Crippen LogP contribution in [0.25, 0.3) is 0 Å². The van der Waals surface area contributed by atoms with E-state index in [2.05, 4.69) is 49.3 Å². The fourth-order valence-electron chi connectivity index (χ4n) is 2.17. The number of nitrogens with zero attached hydrogens (tertiary/aromatic N) is 3. The Labute approximate surface area is 114 Å². The van der Waals surface area contributed by atoms with E-state index in [0.29, 0.717) is 6.42 Å². The summed E-state index contributed by atoms with van der Waals surface area (Å²) in [6.07, 6.45) is 2.68. The van der Waals surface area contributed by atoms with Gasteiger partial charge >= 0.3 is 0 Å². The summed E-state index contributed by atoms with van der Waals surface area (Å²) in [7, 11) is 0. The van der Waals surface area contributed by atoms with E-state index in [-0.39, 0.29) is 0 Å². The Morgan fingerprint density at radius 1 is 1.26 bits per heavy atom. The summed E-state index contributed by atoms with van der Waals surface area (Å²) in [5, 5.41) is 18.2. The largest absolute Gasteiger partial charge is 0.386 e. The summed E-state index contributed by atoms with van der Waals surface area (Å²) in [4.78, 5) is 0. The second kappa shape index (κ2) is 5.97. The predicted octanol–water partition coefficient (Wildman–Crippen LogP) is 2.58. The lowest BCUT2D eigenvalue weighted by Crippen LogP contribution is -2.11. The lowest BCUT2D eigenvalue weighted by Gasteiger charge is -2.13. The summed E-state index contributed by atoms with van der Waals surface area (Å²) in [6, 6.07) is 6.30. The molecule has 19 heavy (non-hydrogen) atoms. The first-order valence-electron chi connectivity index (χ1n) is 6.74. The third kappa shape index (κ3) is 3.20. The van der Waals surface area contributed by atoms with Gasteiger partial charge in [0, 0.05) is 13.0 Å². The third-order valence-corrected chi connectivity index (χ3v) is 3.42. The number of aromatic nitrogens is 3. The van der Waals surface area contributed by atoms with Crippen LogP contribution in [0.1, 0.15) is 41.8 Å². The molecule has 0 saturated heterocycles. The maximum absolute atomic E-state index is 10.3. The Morgan fingerprint density at radius 3 is 2.74 bits per heavy atom. The molecule has 4 heteroatoms. The molecule has 4 nitrogen and oxygen atoms in total. The van der Waals surface area contributed by atoms with Crippen molar-refractivity contribution in [2.45, 2.75) is 46.3 Å². The van der Waals surface area contributed by atoms with E-state index in [4.69, 9.17) is 0 Å². The molecule has 0 aliphatic carbocycles. The summed E-state index contributed by atoms with van der Waals surface area (Å²) in [5.41, 5.74) is 4.46. The van der Waals surface area contributed by atoms with Crippen LogP contribution in [0, 0.1) is 13.8 Å². The van der Waals surface area contributed by atoms with Gasteiger partial charge in [-0.25, -0.2) is 4.68 Å². The first-order valence-corrected chi connectivity index (χ1v) is 6.74. The van der Waals surface area contributed by atoms with Crippen LogP contribution in [0.5, 0.6) is 0 Å². The zero-order valence-corrected chi connectivity index (χ0v) is 11.8. The zero-order chi connectivity index (χ0) is 13.8. The molecule has 0 bridgehead atoms. The lowest BCUT2D eigenvalue weighted by atomic mass is 10.0. The Hall–Kier alpha value is -1.68. The van der Waals surface area contributed by atoms with Gasteiger partial charge < -0.3 is 5.11 Å².